The Balaban J connectivity index is 2.20. The molecule has 0 spiro atoms. The molecule has 0 aliphatic heterocycles. The molecular formula is C12H10BrF3N2S. The van der Waals surface area contributed by atoms with Crippen molar-refractivity contribution < 1.29 is 13.2 Å². The second-order valence-corrected chi connectivity index (χ2v) is 5.80. The minimum atomic E-state index is -4.42. The van der Waals surface area contributed by atoms with E-state index in [2.05, 4.69) is 21.2 Å². The van der Waals surface area contributed by atoms with E-state index in [1.807, 2.05) is 11.4 Å². The van der Waals surface area contributed by atoms with Gasteiger partial charge < -0.3 is 11.1 Å². The molecule has 0 bridgehead atoms. The first-order valence-electron chi connectivity index (χ1n) is 5.30. The number of thiophene rings is 1. The normalized spacial score (nSPS) is 11.6. The van der Waals surface area contributed by atoms with Gasteiger partial charge in [-0.15, -0.1) is 11.3 Å². The lowest BCUT2D eigenvalue weighted by atomic mass is 10.1. The van der Waals surface area contributed by atoms with Crippen LogP contribution in [-0.4, -0.2) is 0 Å². The van der Waals surface area contributed by atoms with E-state index in [-0.39, 0.29) is 11.4 Å². The Morgan fingerprint density at radius 1 is 1.26 bits per heavy atom. The van der Waals surface area contributed by atoms with Gasteiger partial charge in [0.25, 0.3) is 0 Å². The van der Waals surface area contributed by atoms with E-state index in [1.54, 1.807) is 0 Å². The zero-order valence-corrected chi connectivity index (χ0v) is 12.0. The van der Waals surface area contributed by atoms with Gasteiger partial charge in [-0.1, -0.05) is 0 Å². The first-order valence-corrected chi connectivity index (χ1v) is 6.97. The number of anilines is 2. The predicted octanol–water partition coefficient (Wildman–Crippen LogP) is 4.72. The van der Waals surface area contributed by atoms with E-state index in [0.717, 1.165) is 15.4 Å². The third-order valence-corrected chi connectivity index (χ3v) is 4.12. The molecule has 2 rings (SSSR count). The number of benzene rings is 1. The molecule has 0 aliphatic carbocycles. The fourth-order valence-electron chi connectivity index (χ4n) is 1.58. The Bertz CT molecular complexity index is 581. The molecule has 1 heterocycles. The summed E-state index contributed by atoms with van der Waals surface area (Å²) in [6, 6.07) is 5.59. The second-order valence-electron chi connectivity index (χ2n) is 3.89. The van der Waals surface area contributed by atoms with Crippen molar-refractivity contribution in [2.75, 3.05) is 11.1 Å². The Morgan fingerprint density at radius 2 is 2.00 bits per heavy atom. The number of halogens is 4. The van der Waals surface area contributed by atoms with Crippen molar-refractivity contribution in [3.63, 3.8) is 0 Å². The van der Waals surface area contributed by atoms with Crippen molar-refractivity contribution in [3.05, 3.63) is 44.6 Å². The lowest BCUT2D eigenvalue weighted by molar-refractivity contribution is -0.136. The van der Waals surface area contributed by atoms with Crippen LogP contribution < -0.4 is 11.1 Å². The molecule has 0 amide bonds. The summed E-state index contributed by atoms with van der Waals surface area (Å²) in [6.45, 7) is 0.337. The average molecular weight is 351 g/mol. The first kappa shape index (κ1) is 14.2. The summed E-state index contributed by atoms with van der Waals surface area (Å²) in [5.74, 6) is 0. The number of hydrogen-bond donors (Lipinski definition) is 2. The highest BCUT2D eigenvalue weighted by Crippen LogP contribution is 2.36. The van der Waals surface area contributed by atoms with E-state index in [0.29, 0.717) is 6.54 Å². The maximum atomic E-state index is 12.9. The maximum absolute atomic E-state index is 12.9. The fraction of sp³-hybridized carbons (Fsp3) is 0.167. The molecule has 1 aromatic carbocycles. The second kappa shape index (κ2) is 5.42. The number of nitrogens with one attached hydrogen (secondary N) is 1. The number of nitrogens with two attached hydrogens (primary N) is 1. The van der Waals surface area contributed by atoms with Crippen LogP contribution in [0.2, 0.25) is 0 Å². The zero-order valence-electron chi connectivity index (χ0n) is 9.59. The van der Waals surface area contributed by atoms with Gasteiger partial charge in [0.05, 0.1) is 5.56 Å². The molecule has 0 fully saturated rings. The van der Waals surface area contributed by atoms with Crippen LogP contribution in [0.25, 0.3) is 0 Å². The summed E-state index contributed by atoms with van der Waals surface area (Å²) in [6.07, 6.45) is -4.42. The maximum Gasteiger partial charge on any atom is 0.418 e. The topological polar surface area (TPSA) is 38.0 Å². The molecule has 3 N–H and O–H groups in total. The number of hydrogen-bond acceptors (Lipinski definition) is 3. The summed E-state index contributed by atoms with van der Waals surface area (Å²) in [5, 5.41) is 4.67. The van der Waals surface area contributed by atoms with Gasteiger partial charge in [-0.2, -0.15) is 13.2 Å². The highest BCUT2D eigenvalue weighted by Gasteiger charge is 2.33. The highest BCUT2D eigenvalue weighted by molar-refractivity contribution is 9.10. The van der Waals surface area contributed by atoms with Crippen molar-refractivity contribution >= 4 is 38.6 Å². The van der Waals surface area contributed by atoms with Gasteiger partial charge >= 0.3 is 6.18 Å². The third-order valence-electron chi connectivity index (χ3n) is 2.42. The van der Waals surface area contributed by atoms with Gasteiger partial charge in [-0.25, -0.2) is 0 Å². The molecule has 2 aromatic rings. The molecule has 7 heteroatoms. The van der Waals surface area contributed by atoms with Gasteiger partial charge in [0.15, 0.2) is 0 Å². The number of alkyl halides is 3. The molecule has 0 radical (unpaired) electrons. The molecule has 2 nitrogen and oxygen atoms in total. The van der Waals surface area contributed by atoms with Crippen LogP contribution >= 0.6 is 27.3 Å². The van der Waals surface area contributed by atoms with E-state index in [9.17, 15) is 13.2 Å². The van der Waals surface area contributed by atoms with Crippen LogP contribution in [-0.2, 0) is 12.7 Å². The van der Waals surface area contributed by atoms with Gasteiger partial charge in [-0.3, -0.25) is 0 Å². The minimum Gasteiger partial charge on any atom is -0.399 e. The third kappa shape index (κ3) is 3.63. The first-order chi connectivity index (χ1) is 8.86. The molecule has 0 saturated heterocycles. The largest absolute Gasteiger partial charge is 0.418 e. The summed E-state index contributed by atoms with van der Waals surface area (Å²) < 4.78 is 39.5. The van der Waals surface area contributed by atoms with Crippen LogP contribution in [0.15, 0.2) is 34.1 Å². The highest BCUT2D eigenvalue weighted by atomic mass is 79.9. The van der Waals surface area contributed by atoms with E-state index in [1.165, 1.54) is 23.5 Å². The number of nitrogen functional groups attached to an aromatic ring is 1. The van der Waals surface area contributed by atoms with Crippen molar-refractivity contribution in [3.8, 4) is 0 Å². The molecule has 102 valence electrons. The van der Waals surface area contributed by atoms with Crippen LogP contribution in [0.1, 0.15) is 10.4 Å². The molecule has 0 aliphatic rings. The smallest absolute Gasteiger partial charge is 0.399 e. The van der Waals surface area contributed by atoms with Crippen molar-refractivity contribution in [2.24, 2.45) is 0 Å². The Kier molecular flexibility index (Phi) is 4.05. The molecule has 1 aromatic heterocycles. The van der Waals surface area contributed by atoms with Crippen LogP contribution in [0, 0.1) is 0 Å². The van der Waals surface area contributed by atoms with Crippen LogP contribution in [0.5, 0.6) is 0 Å². The van der Waals surface area contributed by atoms with Gasteiger partial charge in [-0.05, 0) is 40.2 Å². The zero-order chi connectivity index (χ0) is 14.0. The summed E-state index contributed by atoms with van der Waals surface area (Å²) in [4.78, 5) is 0.942. The number of rotatable bonds is 3. The quantitative estimate of drug-likeness (QED) is 0.785. The van der Waals surface area contributed by atoms with E-state index >= 15 is 0 Å². The fourth-order valence-corrected chi connectivity index (χ4v) is 2.97. The lowest BCUT2D eigenvalue weighted by Crippen LogP contribution is -2.11. The molecule has 0 saturated carbocycles. The van der Waals surface area contributed by atoms with Crippen LogP contribution in [0.4, 0.5) is 24.5 Å². The summed E-state index contributed by atoms with van der Waals surface area (Å²) in [7, 11) is 0. The average Bonchev–Trinajstić information content (AvgIpc) is 2.72. The van der Waals surface area contributed by atoms with Crippen LogP contribution in [0.3, 0.4) is 0 Å². The molecule has 0 atom stereocenters. The molecule has 19 heavy (non-hydrogen) atoms. The SMILES string of the molecule is Nc1ccc(NCc2cc(Br)cs2)c(C(F)(F)F)c1. The Labute approximate surface area is 120 Å². The predicted molar refractivity (Wildman–Crippen MR) is 75.2 cm³/mol. The van der Waals surface area contributed by atoms with Gasteiger partial charge in [0.1, 0.15) is 0 Å². The van der Waals surface area contributed by atoms with Crippen molar-refractivity contribution in [2.45, 2.75) is 12.7 Å². The Morgan fingerprint density at radius 3 is 2.58 bits per heavy atom. The van der Waals surface area contributed by atoms with E-state index < -0.39 is 11.7 Å². The molecular weight excluding hydrogens is 341 g/mol. The van der Waals surface area contributed by atoms with Crippen molar-refractivity contribution in [1.29, 1.82) is 0 Å². The van der Waals surface area contributed by atoms with Gasteiger partial charge in [0, 0.05) is 32.6 Å². The standard InChI is InChI=1S/C12H10BrF3N2S/c13-7-3-9(19-6-7)5-18-11-2-1-8(17)4-10(11)12(14,15)16/h1-4,6,18H,5,17H2. The molecule has 0 unspecified atom stereocenters. The lowest BCUT2D eigenvalue weighted by Gasteiger charge is -2.14. The van der Waals surface area contributed by atoms with E-state index in [4.69, 9.17) is 5.73 Å². The minimum absolute atomic E-state index is 0.0335. The monoisotopic (exact) mass is 350 g/mol. The summed E-state index contributed by atoms with van der Waals surface area (Å²) >= 11 is 4.77. The van der Waals surface area contributed by atoms with Crippen molar-refractivity contribution in [1.82, 2.24) is 0 Å². The summed E-state index contributed by atoms with van der Waals surface area (Å²) in [5.41, 5.74) is 4.78. The van der Waals surface area contributed by atoms with Gasteiger partial charge in [0.2, 0.25) is 0 Å². The Hall–Kier alpha value is -1.21.